The van der Waals surface area contributed by atoms with Crippen molar-refractivity contribution in [3.05, 3.63) is 64.1 Å². The molecule has 0 bridgehead atoms. The molecule has 0 unspecified atom stereocenters. The van der Waals surface area contributed by atoms with Crippen LogP contribution in [0.3, 0.4) is 0 Å². The van der Waals surface area contributed by atoms with Gasteiger partial charge in [0.2, 0.25) is 0 Å². The summed E-state index contributed by atoms with van der Waals surface area (Å²) >= 11 is 6.35. The van der Waals surface area contributed by atoms with Crippen LogP contribution in [-0.4, -0.2) is 45.9 Å². The number of methoxy groups -OCH3 is 1. The molecule has 2 amide bonds. The van der Waals surface area contributed by atoms with Crippen molar-refractivity contribution in [2.45, 2.75) is 26.2 Å². The highest BCUT2D eigenvalue weighted by Crippen LogP contribution is 2.34. The van der Waals surface area contributed by atoms with Crippen molar-refractivity contribution in [2.75, 3.05) is 13.7 Å². The summed E-state index contributed by atoms with van der Waals surface area (Å²) in [5, 5.41) is 9.83. The number of carbonyl (C=O) groups is 3. The van der Waals surface area contributed by atoms with E-state index in [9.17, 15) is 14.4 Å². The van der Waals surface area contributed by atoms with Gasteiger partial charge in [-0.1, -0.05) is 50.7 Å². The van der Waals surface area contributed by atoms with Gasteiger partial charge in [-0.3, -0.25) is 15.0 Å². The molecule has 2 aromatic carbocycles. The summed E-state index contributed by atoms with van der Waals surface area (Å²) in [6.07, 6.45) is 1.60. The van der Waals surface area contributed by atoms with Crippen molar-refractivity contribution in [2.24, 2.45) is 0 Å². The largest absolute Gasteiger partial charge is 0.493 e. The zero-order valence-corrected chi connectivity index (χ0v) is 20.7. The summed E-state index contributed by atoms with van der Waals surface area (Å²) in [4.78, 5) is 36.6. The van der Waals surface area contributed by atoms with Crippen molar-refractivity contribution < 1.29 is 29.0 Å². The molecule has 1 aliphatic heterocycles. The van der Waals surface area contributed by atoms with Crippen LogP contribution < -0.4 is 14.9 Å². The van der Waals surface area contributed by atoms with Crippen molar-refractivity contribution in [3.63, 3.8) is 0 Å². The maximum absolute atomic E-state index is 12.9. The third kappa shape index (κ3) is 5.95. The van der Waals surface area contributed by atoms with Gasteiger partial charge in [0.25, 0.3) is 11.8 Å². The second-order valence-corrected chi connectivity index (χ2v) is 10.1. The zero-order valence-electron chi connectivity index (χ0n) is 19.1. The Morgan fingerprint density at radius 2 is 1.82 bits per heavy atom. The number of carboxylic acid groups (broad SMARTS) is 1. The topological polar surface area (TPSA) is 105 Å². The van der Waals surface area contributed by atoms with Gasteiger partial charge in [-0.2, -0.15) is 5.01 Å². The van der Waals surface area contributed by atoms with Crippen molar-refractivity contribution in [1.82, 2.24) is 10.4 Å². The maximum atomic E-state index is 12.9. The number of carboxylic acids is 1. The molecule has 0 atom stereocenters. The van der Waals surface area contributed by atoms with Gasteiger partial charge in [-0.25, -0.2) is 4.79 Å². The van der Waals surface area contributed by atoms with Gasteiger partial charge in [0.05, 0.1) is 12.0 Å². The Morgan fingerprint density at radius 1 is 1.15 bits per heavy atom. The van der Waals surface area contributed by atoms with Crippen LogP contribution in [0.25, 0.3) is 6.08 Å². The molecule has 1 saturated heterocycles. The van der Waals surface area contributed by atoms with Gasteiger partial charge in [0.1, 0.15) is 0 Å². The number of rotatable bonds is 7. The molecule has 0 aromatic heterocycles. The molecule has 10 heteroatoms. The summed E-state index contributed by atoms with van der Waals surface area (Å²) in [6.45, 7) is 5.75. The average Bonchev–Trinajstić information content (AvgIpc) is 3.04. The fourth-order valence-corrected chi connectivity index (χ4v) is 4.22. The Kier molecular flexibility index (Phi) is 7.63. The van der Waals surface area contributed by atoms with Crippen LogP contribution in [0.2, 0.25) is 0 Å². The average molecular weight is 501 g/mol. The Morgan fingerprint density at radius 3 is 2.41 bits per heavy atom. The van der Waals surface area contributed by atoms with E-state index in [1.54, 1.807) is 36.4 Å². The second-order valence-electron chi connectivity index (χ2n) is 8.38. The van der Waals surface area contributed by atoms with E-state index in [-0.39, 0.29) is 15.5 Å². The number of nitrogens with zero attached hydrogens (tertiary/aromatic N) is 1. The van der Waals surface area contributed by atoms with Gasteiger partial charge < -0.3 is 14.6 Å². The Balaban J connectivity index is 1.74. The van der Waals surface area contributed by atoms with Gasteiger partial charge in [0.15, 0.2) is 22.4 Å². The standard InChI is InChI=1S/C24H24N2O6S2/c1-24(2,3)16-8-6-15(7-9-16)21(29)25-26-22(30)19(34-23(26)33)12-14-5-10-17(18(11-14)31-4)32-13-20(27)28/h5-12H,13H2,1-4H3,(H,25,29)(H,27,28)/b19-12+. The monoisotopic (exact) mass is 500 g/mol. The molecule has 1 heterocycles. The number of hydrogen-bond donors (Lipinski definition) is 2. The van der Waals surface area contributed by atoms with E-state index in [2.05, 4.69) is 26.2 Å². The highest BCUT2D eigenvalue weighted by Gasteiger charge is 2.34. The molecular weight excluding hydrogens is 476 g/mol. The Labute approximate surface area is 206 Å². The maximum Gasteiger partial charge on any atom is 0.341 e. The summed E-state index contributed by atoms with van der Waals surface area (Å²) in [6, 6.07) is 12.0. The van der Waals surface area contributed by atoms with Gasteiger partial charge in [0, 0.05) is 5.56 Å². The van der Waals surface area contributed by atoms with Gasteiger partial charge in [-0.15, -0.1) is 0 Å². The number of hydrogen-bond acceptors (Lipinski definition) is 7. The Hall–Kier alpha value is -3.37. The van der Waals surface area contributed by atoms with Crippen LogP contribution in [0.5, 0.6) is 11.5 Å². The van der Waals surface area contributed by atoms with Crippen molar-refractivity contribution in [1.29, 1.82) is 0 Å². The van der Waals surface area contributed by atoms with E-state index in [4.69, 9.17) is 26.8 Å². The lowest BCUT2D eigenvalue weighted by Gasteiger charge is -2.19. The highest BCUT2D eigenvalue weighted by molar-refractivity contribution is 8.26. The highest BCUT2D eigenvalue weighted by atomic mass is 32.2. The molecule has 1 fully saturated rings. The summed E-state index contributed by atoms with van der Waals surface area (Å²) in [7, 11) is 1.43. The molecular formula is C24H24N2O6S2. The van der Waals surface area contributed by atoms with Crippen LogP contribution in [0.15, 0.2) is 47.4 Å². The number of carbonyl (C=O) groups excluding carboxylic acids is 2. The lowest BCUT2D eigenvalue weighted by molar-refractivity contribution is -0.139. The van der Waals surface area contributed by atoms with Crippen molar-refractivity contribution in [3.8, 4) is 11.5 Å². The number of ether oxygens (including phenoxy) is 2. The number of nitrogens with one attached hydrogen (secondary N) is 1. The number of thioether (sulfide) groups is 1. The first-order valence-corrected chi connectivity index (χ1v) is 11.4. The lowest BCUT2D eigenvalue weighted by Crippen LogP contribution is -2.44. The van der Waals surface area contributed by atoms with Crippen LogP contribution in [0, 0.1) is 0 Å². The normalized spacial score (nSPS) is 14.9. The molecule has 34 heavy (non-hydrogen) atoms. The molecule has 2 aromatic rings. The molecule has 0 radical (unpaired) electrons. The number of amides is 2. The second kappa shape index (κ2) is 10.3. The molecule has 1 aliphatic rings. The quantitative estimate of drug-likeness (QED) is 0.434. The van der Waals surface area contributed by atoms with E-state index in [0.29, 0.717) is 21.8 Å². The van der Waals surface area contributed by atoms with E-state index >= 15 is 0 Å². The lowest BCUT2D eigenvalue weighted by atomic mass is 9.87. The number of hydrazine groups is 1. The minimum Gasteiger partial charge on any atom is -0.493 e. The summed E-state index contributed by atoms with van der Waals surface area (Å²) in [5.41, 5.74) is 4.64. The fourth-order valence-electron chi connectivity index (χ4n) is 3.04. The number of aliphatic carboxylic acids is 1. The van der Waals surface area contributed by atoms with Gasteiger partial charge in [-0.05, 0) is 59.1 Å². The van der Waals surface area contributed by atoms with E-state index in [0.717, 1.165) is 22.3 Å². The number of thiocarbonyl (C=S) groups is 1. The third-order valence-electron chi connectivity index (χ3n) is 4.86. The molecule has 2 N–H and O–H groups in total. The summed E-state index contributed by atoms with van der Waals surface area (Å²) < 4.78 is 10.6. The van der Waals surface area contributed by atoms with Crippen LogP contribution in [0.4, 0.5) is 0 Å². The zero-order chi connectivity index (χ0) is 25.0. The minimum atomic E-state index is -1.11. The smallest absolute Gasteiger partial charge is 0.341 e. The third-order valence-corrected chi connectivity index (χ3v) is 6.16. The first-order valence-electron chi connectivity index (χ1n) is 10.2. The van der Waals surface area contributed by atoms with Crippen LogP contribution in [-0.2, 0) is 15.0 Å². The SMILES string of the molecule is COc1cc(/C=C2/SC(=S)N(NC(=O)c3ccc(C(C)(C)C)cc3)C2=O)ccc1OCC(=O)O. The molecule has 0 aliphatic carbocycles. The first-order chi connectivity index (χ1) is 16.0. The number of benzene rings is 2. The van der Waals surface area contributed by atoms with E-state index in [1.807, 2.05) is 12.1 Å². The van der Waals surface area contributed by atoms with E-state index < -0.39 is 24.4 Å². The molecule has 3 rings (SSSR count). The first kappa shape index (κ1) is 25.3. The predicted molar refractivity (Wildman–Crippen MR) is 134 cm³/mol. The molecule has 0 spiro atoms. The van der Waals surface area contributed by atoms with Crippen LogP contribution >= 0.6 is 24.0 Å². The van der Waals surface area contributed by atoms with Gasteiger partial charge >= 0.3 is 5.97 Å². The Bertz CT molecular complexity index is 1170. The fraction of sp³-hybridized carbons (Fsp3) is 0.250. The molecule has 8 nitrogen and oxygen atoms in total. The van der Waals surface area contributed by atoms with Crippen molar-refractivity contribution >= 4 is 52.2 Å². The predicted octanol–water partition coefficient (Wildman–Crippen LogP) is 4.00. The van der Waals surface area contributed by atoms with E-state index in [1.165, 1.54) is 7.11 Å². The molecule has 178 valence electrons. The van der Waals surface area contributed by atoms with Crippen LogP contribution in [0.1, 0.15) is 42.3 Å². The molecule has 0 saturated carbocycles. The summed E-state index contributed by atoms with van der Waals surface area (Å²) in [5.74, 6) is -1.43. The minimum absolute atomic E-state index is 0.0406.